The highest BCUT2D eigenvalue weighted by atomic mass is 32.2. The van der Waals surface area contributed by atoms with Gasteiger partial charge in [-0.1, -0.05) is 24.3 Å². The highest BCUT2D eigenvalue weighted by molar-refractivity contribution is 7.98. The molecule has 2 aromatic heterocycles. The van der Waals surface area contributed by atoms with Gasteiger partial charge in [-0.05, 0) is 80.3 Å². The van der Waals surface area contributed by atoms with Crippen molar-refractivity contribution >= 4 is 22.5 Å². The molecule has 0 amide bonds. The first-order valence-electron chi connectivity index (χ1n) is 11.0. The molecule has 3 aromatic rings. The molecule has 174 valence electrons. The van der Waals surface area contributed by atoms with Gasteiger partial charge in [0.1, 0.15) is 0 Å². The molecule has 1 unspecified atom stereocenters. The SMILES string of the molecule is C/C=C\C=C(/CSC)NC(C)c1cc(C)cc2c(=O)n(C)c(-c3ccc(C)cn3)cc12.C=C. The van der Waals surface area contributed by atoms with E-state index in [2.05, 4.69) is 60.9 Å². The van der Waals surface area contributed by atoms with Gasteiger partial charge in [0.2, 0.25) is 0 Å². The van der Waals surface area contributed by atoms with Crippen molar-refractivity contribution in [3.8, 4) is 11.4 Å². The molecule has 1 aromatic carbocycles. The Morgan fingerprint density at radius 2 is 1.91 bits per heavy atom. The van der Waals surface area contributed by atoms with Crippen LogP contribution in [0.2, 0.25) is 0 Å². The summed E-state index contributed by atoms with van der Waals surface area (Å²) in [6.07, 6.45) is 10.1. The minimum absolute atomic E-state index is 0.000760. The average molecular weight is 462 g/mol. The first-order chi connectivity index (χ1) is 15.8. The number of allylic oxidation sites excluding steroid dienone is 3. The first-order valence-corrected chi connectivity index (χ1v) is 12.4. The zero-order chi connectivity index (χ0) is 24.5. The second-order valence-electron chi connectivity index (χ2n) is 7.95. The summed E-state index contributed by atoms with van der Waals surface area (Å²) >= 11 is 1.78. The molecule has 0 spiro atoms. The van der Waals surface area contributed by atoms with Crippen molar-refractivity contribution in [1.29, 1.82) is 0 Å². The van der Waals surface area contributed by atoms with E-state index in [-0.39, 0.29) is 11.6 Å². The summed E-state index contributed by atoms with van der Waals surface area (Å²) in [6, 6.07) is 10.3. The zero-order valence-corrected chi connectivity index (χ0v) is 21.4. The minimum atomic E-state index is 0.000760. The lowest BCUT2D eigenvalue weighted by molar-refractivity contribution is 0.660. The van der Waals surface area contributed by atoms with Gasteiger partial charge >= 0.3 is 0 Å². The van der Waals surface area contributed by atoms with Crippen molar-refractivity contribution in [3.63, 3.8) is 0 Å². The van der Waals surface area contributed by atoms with Crippen LogP contribution in [-0.2, 0) is 7.05 Å². The number of nitrogens with zero attached hydrogens (tertiary/aromatic N) is 2. The van der Waals surface area contributed by atoms with E-state index < -0.39 is 0 Å². The molecule has 0 bridgehead atoms. The molecule has 2 heterocycles. The van der Waals surface area contributed by atoms with Crippen molar-refractivity contribution in [2.45, 2.75) is 33.7 Å². The van der Waals surface area contributed by atoms with Crippen molar-refractivity contribution in [2.24, 2.45) is 7.05 Å². The van der Waals surface area contributed by atoms with Crippen molar-refractivity contribution < 1.29 is 0 Å². The van der Waals surface area contributed by atoms with Crippen LogP contribution in [0.3, 0.4) is 0 Å². The number of nitrogens with one attached hydrogen (secondary N) is 1. The number of hydrogen-bond donors (Lipinski definition) is 1. The van der Waals surface area contributed by atoms with Crippen molar-refractivity contribution in [2.75, 3.05) is 12.0 Å². The van der Waals surface area contributed by atoms with Crippen molar-refractivity contribution in [1.82, 2.24) is 14.9 Å². The highest BCUT2D eigenvalue weighted by Crippen LogP contribution is 2.28. The van der Waals surface area contributed by atoms with Crippen LogP contribution in [0, 0.1) is 13.8 Å². The van der Waals surface area contributed by atoms with Gasteiger partial charge in [-0.2, -0.15) is 11.8 Å². The monoisotopic (exact) mass is 461 g/mol. The van der Waals surface area contributed by atoms with Gasteiger partial charge in [0.05, 0.1) is 11.4 Å². The molecule has 0 aliphatic rings. The maximum absolute atomic E-state index is 13.3. The largest absolute Gasteiger partial charge is 0.381 e. The van der Waals surface area contributed by atoms with E-state index in [0.717, 1.165) is 50.3 Å². The predicted octanol–water partition coefficient (Wildman–Crippen LogP) is 6.49. The molecule has 1 atom stereocenters. The predicted molar refractivity (Wildman–Crippen MR) is 146 cm³/mol. The molecule has 1 N–H and O–H groups in total. The molecular formula is C28H35N3OS. The van der Waals surface area contributed by atoms with Crippen LogP contribution in [0.4, 0.5) is 0 Å². The van der Waals surface area contributed by atoms with Gasteiger partial charge in [0, 0.05) is 36.1 Å². The average Bonchev–Trinajstić information content (AvgIpc) is 2.81. The van der Waals surface area contributed by atoms with Gasteiger partial charge in [-0.3, -0.25) is 9.78 Å². The van der Waals surface area contributed by atoms with E-state index in [1.54, 1.807) is 16.3 Å². The normalized spacial score (nSPS) is 12.5. The van der Waals surface area contributed by atoms with Crippen LogP contribution in [0.5, 0.6) is 0 Å². The second kappa shape index (κ2) is 12.3. The van der Waals surface area contributed by atoms with Crippen LogP contribution in [-0.4, -0.2) is 21.6 Å². The number of aryl methyl sites for hydroxylation is 2. The summed E-state index contributed by atoms with van der Waals surface area (Å²) in [5.41, 5.74) is 6.08. The van der Waals surface area contributed by atoms with Crippen LogP contribution >= 0.6 is 11.8 Å². The maximum atomic E-state index is 13.3. The molecular weight excluding hydrogens is 426 g/mol. The Bertz CT molecular complexity index is 1210. The molecule has 5 heteroatoms. The minimum Gasteiger partial charge on any atom is -0.381 e. The number of thioether (sulfide) groups is 1. The Balaban J connectivity index is 0.00000187. The fraction of sp³-hybridized carbons (Fsp3) is 0.286. The molecule has 3 rings (SSSR count). The lowest BCUT2D eigenvalue weighted by atomic mass is 9.96. The quantitative estimate of drug-likeness (QED) is 0.322. The summed E-state index contributed by atoms with van der Waals surface area (Å²) in [7, 11) is 1.82. The van der Waals surface area contributed by atoms with E-state index in [1.807, 2.05) is 58.3 Å². The number of benzene rings is 1. The molecule has 0 saturated carbocycles. The zero-order valence-electron chi connectivity index (χ0n) is 20.6. The van der Waals surface area contributed by atoms with E-state index in [1.165, 1.54) is 0 Å². The third-order valence-electron chi connectivity index (χ3n) is 5.37. The fourth-order valence-electron chi connectivity index (χ4n) is 3.77. The summed E-state index contributed by atoms with van der Waals surface area (Å²) in [5, 5.41) is 5.37. The fourth-order valence-corrected chi connectivity index (χ4v) is 4.26. The molecule has 33 heavy (non-hydrogen) atoms. The smallest absolute Gasteiger partial charge is 0.258 e. The van der Waals surface area contributed by atoms with Crippen LogP contribution in [0.25, 0.3) is 22.2 Å². The number of pyridine rings is 2. The van der Waals surface area contributed by atoms with Crippen molar-refractivity contribution in [3.05, 3.63) is 101 Å². The Morgan fingerprint density at radius 3 is 2.52 bits per heavy atom. The lowest BCUT2D eigenvalue weighted by Crippen LogP contribution is -2.22. The number of rotatable bonds is 7. The Hall–Kier alpha value is -3.05. The third kappa shape index (κ3) is 6.26. The topological polar surface area (TPSA) is 46.9 Å². The van der Waals surface area contributed by atoms with Crippen LogP contribution < -0.4 is 10.9 Å². The van der Waals surface area contributed by atoms with E-state index >= 15 is 0 Å². The molecule has 4 nitrogen and oxygen atoms in total. The molecule has 0 aliphatic carbocycles. The highest BCUT2D eigenvalue weighted by Gasteiger charge is 2.16. The number of hydrogen-bond acceptors (Lipinski definition) is 4. The van der Waals surface area contributed by atoms with Gasteiger partial charge in [0.15, 0.2) is 0 Å². The lowest BCUT2D eigenvalue weighted by Gasteiger charge is -2.21. The van der Waals surface area contributed by atoms with E-state index in [0.29, 0.717) is 0 Å². The Kier molecular flexibility index (Phi) is 9.74. The molecule has 0 aliphatic heterocycles. The van der Waals surface area contributed by atoms with E-state index in [4.69, 9.17) is 0 Å². The molecule has 0 fully saturated rings. The first kappa shape index (κ1) is 26.2. The second-order valence-corrected chi connectivity index (χ2v) is 8.81. The van der Waals surface area contributed by atoms with Crippen LogP contribution in [0.15, 0.2) is 78.4 Å². The van der Waals surface area contributed by atoms with Gasteiger partial charge < -0.3 is 9.88 Å². The molecule has 0 saturated heterocycles. The third-order valence-corrected chi connectivity index (χ3v) is 5.97. The summed E-state index contributed by atoms with van der Waals surface area (Å²) in [5.74, 6) is 0.902. The van der Waals surface area contributed by atoms with Gasteiger partial charge in [-0.15, -0.1) is 13.2 Å². The summed E-state index contributed by atoms with van der Waals surface area (Å²) in [4.78, 5) is 17.8. The molecule has 0 radical (unpaired) electrons. The van der Waals surface area contributed by atoms with Crippen LogP contribution in [0.1, 0.15) is 36.6 Å². The van der Waals surface area contributed by atoms with Gasteiger partial charge in [0.25, 0.3) is 5.56 Å². The Labute approximate surface area is 202 Å². The van der Waals surface area contributed by atoms with E-state index in [9.17, 15) is 4.79 Å². The number of aromatic nitrogens is 2. The summed E-state index contributed by atoms with van der Waals surface area (Å²) < 4.78 is 1.70. The maximum Gasteiger partial charge on any atom is 0.258 e. The standard InChI is InChI=1S/C26H31N3OS.C2H4/c1-7-8-9-20(16-31-6)28-19(4)21-12-18(3)13-23-22(21)14-25(29(5)26(23)30)24-11-10-17(2)15-27-24;1-2/h7-15,19,28H,16H2,1-6H3;1-2H2/b8-7-,20-9+;. The van der Waals surface area contributed by atoms with Gasteiger partial charge in [-0.25, -0.2) is 0 Å². The number of fused-ring (bicyclic) bond motifs is 1. The Morgan fingerprint density at radius 1 is 1.18 bits per heavy atom. The summed E-state index contributed by atoms with van der Waals surface area (Å²) in [6.45, 7) is 14.2.